The Bertz CT molecular complexity index is 431. The Morgan fingerprint density at radius 3 is 2.50 bits per heavy atom. The lowest BCUT2D eigenvalue weighted by molar-refractivity contribution is 0.435. The molecule has 2 nitrogen and oxygen atoms in total. The fourth-order valence-electron chi connectivity index (χ4n) is 1.21. The predicted molar refractivity (Wildman–Crippen MR) is 67.1 cm³/mol. The number of phenols is 1. The highest BCUT2D eigenvalue weighted by atomic mass is 32.1. The van der Waals surface area contributed by atoms with Gasteiger partial charge in [-0.2, -0.15) is 0 Å². The van der Waals surface area contributed by atoms with Crippen LogP contribution in [0, 0.1) is 5.82 Å². The maximum absolute atomic E-state index is 13.1. The van der Waals surface area contributed by atoms with Crippen LogP contribution < -0.4 is 5.73 Å². The Balaban J connectivity index is 0.000000606. The first-order valence-electron chi connectivity index (χ1n) is 5.00. The third kappa shape index (κ3) is 2.52. The van der Waals surface area contributed by atoms with Gasteiger partial charge >= 0.3 is 0 Å². The van der Waals surface area contributed by atoms with E-state index in [-0.39, 0.29) is 5.69 Å². The SMILES string of the molecule is CC.Nc1cc(-c2cccs2)cc(F)c1O. The maximum atomic E-state index is 13.1. The van der Waals surface area contributed by atoms with E-state index in [1.54, 1.807) is 6.07 Å². The van der Waals surface area contributed by atoms with Gasteiger partial charge in [0.1, 0.15) is 0 Å². The molecule has 0 aliphatic rings. The molecule has 0 saturated heterocycles. The molecule has 0 bridgehead atoms. The normalized spacial score (nSPS) is 9.44. The van der Waals surface area contributed by atoms with Crippen LogP contribution >= 0.6 is 11.3 Å². The number of benzene rings is 1. The third-order valence-electron chi connectivity index (χ3n) is 1.90. The van der Waals surface area contributed by atoms with Crippen molar-refractivity contribution in [2.24, 2.45) is 0 Å². The van der Waals surface area contributed by atoms with E-state index >= 15 is 0 Å². The molecule has 1 heterocycles. The fraction of sp³-hybridized carbons (Fsp3) is 0.167. The highest BCUT2D eigenvalue weighted by Gasteiger charge is 2.08. The molecule has 0 fully saturated rings. The minimum Gasteiger partial charge on any atom is -0.503 e. The van der Waals surface area contributed by atoms with E-state index < -0.39 is 11.6 Å². The van der Waals surface area contributed by atoms with Crippen LogP contribution in [0.25, 0.3) is 10.4 Å². The average Bonchev–Trinajstić information content (AvgIpc) is 2.81. The Labute approximate surface area is 98.2 Å². The van der Waals surface area contributed by atoms with E-state index in [4.69, 9.17) is 10.8 Å². The summed E-state index contributed by atoms with van der Waals surface area (Å²) in [5.41, 5.74) is 6.19. The molecule has 4 heteroatoms. The Hall–Kier alpha value is -1.55. The summed E-state index contributed by atoms with van der Waals surface area (Å²) in [6.45, 7) is 4.00. The predicted octanol–water partition coefficient (Wildman–Crippen LogP) is 3.87. The molecule has 1 aromatic carbocycles. The lowest BCUT2D eigenvalue weighted by Gasteiger charge is -2.03. The van der Waals surface area contributed by atoms with Crippen molar-refractivity contribution in [3.8, 4) is 16.2 Å². The zero-order valence-electron chi connectivity index (χ0n) is 9.20. The number of halogens is 1. The number of hydrogen-bond acceptors (Lipinski definition) is 3. The number of nitrogen functional groups attached to an aromatic ring is 1. The molecule has 2 rings (SSSR count). The van der Waals surface area contributed by atoms with Gasteiger partial charge in [0, 0.05) is 4.88 Å². The molecule has 3 N–H and O–H groups in total. The number of aromatic hydroxyl groups is 1. The number of anilines is 1. The lowest BCUT2D eigenvalue weighted by atomic mass is 10.1. The van der Waals surface area contributed by atoms with E-state index in [9.17, 15) is 4.39 Å². The molecule has 2 aromatic rings. The summed E-state index contributed by atoms with van der Waals surface area (Å²) in [6.07, 6.45) is 0. The van der Waals surface area contributed by atoms with Crippen LogP contribution in [0.3, 0.4) is 0 Å². The second-order valence-corrected chi connectivity index (χ2v) is 3.82. The van der Waals surface area contributed by atoms with Gasteiger partial charge in [0.2, 0.25) is 0 Å². The van der Waals surface area contributed by atoms with Crippen molar-refractivity contribution in [3.05, 3.63) is 35.5 Å². The summed E-state index contributed by atoms with van der Waals surface area (Å²) in [5, 5.41) is 11.0. The second-order valence-electron chi connectivity index (χ2n) is 2.87. The molecule has 0 saturated carbocycles. The van der Waals surface area contributed by atoms with Crippen LogP contribution in [0.4, 0.5) is 10.1 Å². The van der Waals surface area contributed by atoms with Gasteiger partial charge in [0.25, 0.3) is 0 Å². The van der Waals surface area contributed by atoms with Crippen molar-refractivity contribution in [3.63, 3.8) is 0 Å². The molecule has 1 aromatic heterocycles. The maximum Gasteiger partial charge on any atom is 0.174 e. The molecule has 0 spiro atoms. The first-order valence-corrected chi connectivity index (χ1v) is 5.88. The zero-order valence-corrected chi connectivity index (χ0v) is 10.0. The van der Waals surface area contributed by atoms with Crippen molar-refractivity contribution >= 4 is 17.0 Å². The summed E-state index contributed by atoms with van der Waals surface area (Å²) in [4.78, 5) is 0.926. The van der Waals surface area contributed by atoms with Gasteiger partial charge in [-0.15, -0.1) is 11.3 Å². The fourth-order valence-corrected chi connectivity index (χ4v) is 1.92. The van der Waals surface area contributed by atoms with E-state index in [0.29, 0.717) is 5.56 Å². The summed E-state index contributed by atoms with van der Waals surface area (Å²) < 4.78 is 13.1. The number of nitrogens with two attached hydrogens (primary N) is 1. The van der Waals surface area contributed by atoms with Crippen LogP contribution in [0.5, 0.6) is 5.75 Å². The number of phenolic OH excluding ortho intramolecular Hbond substituents is 1. The van der Waals surface area contributed by atoms with E-state index in [2.05, 4.69) is 0 Å². The minimum absolute atomic E-state index is 0.0633. The van der Waals surface area contributed by atoms with E-state index in [0.717, 1.165) is 4.88 Å². The summed E-state index contributed by atoms with van der Waals surface area (Å²) >= 11 is 1.50. The van der Waals surface area contributed by atoms with Gasteiger partial charge in [0.05, 0.1) is 5.69 Å². The monoisotopic (exact) mass is 239 g/mol. The highest BCUT2D eigenvalue weighted by Crippen LogP contribution is 2.32. The molecular weight excluding hydrogens is 225 g/mol. The van der Waals surface area contributed by atoms with Crippen molar-refractivity contribution in [1.82, 2.24) is 0 Å². The number of rotatable bonds is 1. The largest absolute Gasteiger partial charge is 0.503 e. The molecule has 86 valence electrons. The van der Waals surface area contributed by atoms with Crippen LogP contribution in [0.15, 0.2) is 29.6 Å². The number of hydrogen-bond donors (Lipinski definition) is 2. The van der Waals surface area contributed by atoms with Crippen molar-refractivity contribution < 1.29 is 9.50 Å². The summed E-state index contributed by atoms with van der Waals surface area (Å²) in [6, 6.07) is 6.58. The van der Waals surface area contributed by atoms with Crippen LogP contribution in [0.2, 0.25) is 0 Å². The minimum atomic E-state index is -0.687. The summed E-state index contributed by atoms with van der Waals surface area (Å²) in [7, 11) is 0. The number of thiophene rings is 1. The molecule has 0 aliphatic heterocycles. The van der Waals surface area contributed by atoms with E-state index in [1.807, 2.05) is 31.4 Å². The van der Waals surface area contributed by atoms with E-state index in [1.165, 1.54) is 17.4 Å². The van der Waals surface area contributed by atoms with Gasteiger partial charge in [-0.25, -0.2) is 4.39 Å². The first-order chi connectivity index (χ1) is 7.68. The Morgan fingerprint density at radius 2 is 2.00 bits per heavy atom. The van der Waals surface area contributed by atoms with Crippen LogP contribution in [-0.2, 0) is 0 Å². The molecule has 0 atom stereocenters. The van der Waals surface area contributed by atoms with Crippen molar-refractivity contribution in [1.29, 1.82) is 0 Å². The molecule has 16 heavy (non-hydrogen) atoms. The van der Waals surface area contributed by atoms with Gasteiger partial charge in [-0.3, -0.25) is 0 Å². The smallest absolute Gasteiger partial charge is 0.174 e. The molecule has 0 amide bonds. The van der Waals surface area contributed by atoms with Gasteiger partial charge in [-0.05, 0) is 29.1 Å². The molecule has 0 unspecified atom stereocenters. The summed E-state index contributed by atoms with van der Waals surface area (Å²) in [5.74, 6) is -1.17. The van der Waals surface area contributed by atoms with Crippen LogP contribution in [0.1, 0.15) is 13.8 Å². The van der Waals surface area contributed by atoms with Gasteiger partial charge in [-0.1, -0.05) is 19.9 Å². The zero-order chi connectivity index (χ0) is 12.1. The molecular formula is C12H14FNOS. The van der Waals surface area contributed by atoms with Crippen molar-refractivity contribution in [2.45, 2.75) is 13.8 Å². The third-order valence-corrected chi connectivity index (χ3v) is 2.82. The Morgan fingerprint density at radius 1 is 1.31 bits per heavy atom. The second kappa shape index (κ2) is 5.51. The first kappa shape index (κ1) is 12.5. The molecule has 0 radical (unpaired) electrons. The lowest BCUT2D eigenvalue weighted by Crippen LogP contribution is -1.89. The Kier molecular flexibility index (Phi) is 4.31. The van der Waals surface area contributed by atoms with Gasteiger partial charge < -0.3 is 10.8 Å². The average molecular weight is 239 g/mol. The molecule has 0 aliphatic carbocycles. The van der Waals surface area contributed by atoms with Crippen molar-refractivity contribution in [2.75, 3.05) is 5.73 Å². The van der Waals surface area contributed by atoms with Crippen LogP contribution in [-0.4, -0.2) is 5.11 Å². The quantitative estimate of drug-likeness (QED) is 0.586. The topological polar surface area (TPSA) is 46.2 Å². The standard InChI is InChI=1S/C10H8FNOS.C2H6/c11-7-4-6(5-8(12)10(7)13)9-2-1-3-14-9;1-2/h1-5,13H,12H2;1-2H3. The van der Waals surface area contributed by atoms with Gasteiger partial charge in [0.15, 0.2) is 11.6 Å². The highest BCUT2D eigenvalue weighted by molar-refractivity contribution is 7.13.